The van der Waals surface area contributed by atoms with Crippen LogP contribution < -0.4 is 0 Å². The van der Waals surface area contributed by atoms with Gasteiger partial charge in [0.2, 0.25) is 0 Å². The molecule has 0 radical (unpaired) electrons. The predicted octanol–water partition coefficient (Wildman–Crippen LogP) is 2.88. The molecule has 0 unspecified atom stereocenters. The summed E-state index contributed by atoms with van der Waals surface area (Å²) in [5, 5.41) is 1.34. The van der Waals surface area contributed by atoms with Gasteiger partial charge in [0.1, 0.15) is 11.2 Å². The number of aromatic nitrogens is 2. The first-order valence-corrected chi connectivity index (χ1v) is 5.90. The van der Waals surface area contributed by atoms with E-state index in [0.717, 1.165) is 5.69 Å². The van der Waals surface area contributed by atoms with E-state index < -0.39 is 0 Å². The van der Waals surface area contributed by atoms with Gasteiger partial charge in [-0.1, -0.05) is 0 Å². The summed E-state index contributed by atoms with van der Waals surface area (Å²) in [6.45, 7) is 2.09. The summed E-state index contributed by atoms with van der Waals surface area (Å²) in [4.78, 5) is 11.4. The van der Waals surface area contributed by atoms with Crippen LogP contribution in [0.3, 0.4) is 0 Å². The Kier molecular flexibility index (Phi) is 1.80. The number of hydrogen-bond acceptors (Lipinski definition) is 3. The zero-order valence-corrected chi connectivity index (χ0v) is 9.02. The highest BCUT2D eigenvalue weighted by Gasteiger charge is 2.17. The number of thiophene rings is 1. The van der Waals surface area contributed by atoms with E-state index in [1.165, 1.54) is 41.5 Å². The summed E-state index contributed by atoms with van der Waals surface area (Å²) in [5.41, 5.74) is 2.68. The molecule has 0 aromatic carbocycles. The molecule has 14 heavy (non-hydrogen) atoms. The first-order chi connectivity index (χ1) is 6.86. The van der Waals surface area contributed by atoms with Crippen molar-refractivity contribution in [3.63, 3.8) is 0 Å². The molecule has 0 spiro atoms. The van der Waals surface area contributed by atoms with E-state index >= 15 is 0 Å². The van der Waals surface area contributed by atoms with E-state index in [-0.39, 0.29) is 0 Å². The van der Waals surface area contributed by atoms with Crippen molar-refractivity contribution >= 4 is 21.6 Å². The van der Waals surface area contributed by atoms with Gasteiger partial charge in [0.25, 0.3) is 0 Å². The topological polar surface area (TPSA) is 25.8 Å². The number of fused-ring (bicyclic) bond motifs is 3. The molecule has 3 heteroatoms. The lowest BCUT2D eigenvalue weighted by molar-refractivity contribution is 0.700. The highest BCUT2D eigenvalue weighted by atomic mass is 32.1. The van der Waals surface area contributed by atoms with Crippen molar-refractivity contribution in [2.75, 3.05) is 0 Å². The van der Waals surface area contributed by atoms with Crippen LogP contribution in [-0.4, -0.2) is 9.97 Å². The highest BCUT2D eigenvalue weighted by Crippen LogP contribution is 2.35. The Hall–Kier alpha value is -0.960. The molecule has 0 saturated carbocycles. The van der Waals surface area contributed by atoms with E-state index in [1.54, 1.807) is 11.2 Å². The van der Waals surface area contributed by atoms with Gasteiger partial charge in [-0.05, 0) is 38.2 Å². The second-order valence-electron chi connectivity index (χ2n) is 3.85. The van der Waals surface area contributed by atoms with Crippen molar-refractivity contribution in [3.05, 3.63) is 22.5 Å². The fourth-order valence-corrected chi connectivity index (χ4v) is 3.53. The summed E-state index contributed by atoms with van der Waals surface area (Å²) < 4.78 is 0. The van der Waals surface area contributed by atoms with Crippen LogP contribution in [0.1, 0.15) is 29.0 Å². The maximum Gasteiger partial charge on any atom is 0.127 e. The Morgan fingerprint density at radius 3 is 3.00 bits per heavy atom. The lowest BCUT2D eigenvalue weighted by Gasteiger charge is -2.10. The van der Waals surface area contributed by atoms with Crippen molar-refractivity contribution in [2.45, 2.75) is 32.6 Å². The van der Waals surface area contributed by atoms with Crippen LogP contribution in [0, 0.1) is 6.92 Å². The SMILES string of the molecule is Cc1ncnc2sc3c(c12)CCCC3. The summed E-state index contributed by atoms with van der Waals surface area (Å²) >= 11 is 1.86. The number of nitrogens with zero attached hydrogens (tertiary/aromatic N) is 2. The lowest BCUT2D eigenvalue weighted by atomic mass is 9.96. The third-order valence-electron chi connectivity index (χ3n) is 2.94. The monoisotopic (exact) mass is 204 g/mol. The molecule has 0 N–H and O–H groups in total. The third kappa shape index (κ3) is 1.08. The molecule has 72 valence electrons. The van der Waals surface area contributed by atoms with Crippen molar-refractivity contribution in [1.29, 1.82) is 0 Å². The van der Waals surface area contributed by atoms with Crippen molar-refractivity contribution in [1.82, 2.24) is 9.97 Å². The van der Waals surface area contributed by atoms with Crippen molar-refractivity contribution in [3.8, 4) is 0 Å². The zero-order chi connectivity index (χ0) is 9.54. The van der Waals surface area contributed by atoms with Gasteiger partial charge in [-0.25, -0.2) is 9.97 Å². The van der Waals surface area contributed by atoms with Crippen LogP contribution in [-0.2, 0) is 12.8 Å². The second-order valence-corrected chi connectivity index (χ2v) is 4.93. The molecular formula is C11H12N2S. The largest absolute Gasteiger partial charge is 0.241 e. The Morgan fingerprint density at radius 2 is 2.07 bits per heavy atom. The minimum atomic E-state index is 1.15. The van der Waals surface area contributed by atoms with E-state index in [0.29, 0.717) is 0 Å². The lowest BCUT2D eigenvalue weighted by Crippen LogP contribution is -1.98. The molecule has 2 aromatic heterocycles. The second kappa shape index (κ2) is 3.02. The minimum Gasteiger partial charge on any atom is -0.241 e. The van der Waals surface area contributed by atoms with E-state index in [1.807, 2.05) is 11.3 Å². The van der Waals surface area contributed by atoms with Crippen LogP contribution in [0.2, 0.25) is 0 Å². The Labute approximate surface area is 87.0 Å². The summed E-state index contributed by atoms with van der Waals surface area (Å²) in [6.07, 6.45) is 6.82. The molecule has 0 atom stereocenters. The van der Waals surface area contributed by atoms with E-state index in [9.17, 15) is 0 Å². The van der Waals surface area contributed by atoms with Gasteiger partial charge in [-0.3, -0.25) is 0 Å². The molecule has 2 heterocycles. The smallest absolute Gasteiger partial charge is 0.127 e. The normalized spacial score (nSPS) is 15.8. The molecule has 0 bridgehead atoms. The predicted molar refractivity (Wildman–Crippen MR) is 58.8 cm³/mol. The molecule has 1 aliphatic carbocycles. The molecule has 2 aromatic rings. The molecular weight excluding hydrogens is 192 g/mol. The fourth-order valence-electron chi connectivity index (χ4n) is 2.25. The molecule has 1 aliphatic rings. The molecule has 0 fully saturated rings. The van der Waals surface area contributed by atoms with Gasteiger partial charge in [-0.2, -0.15) is 0 Å². The first-order valence-electron chi connectivity index (χ1n) is 5.08. The average molecular weight is 204 g/mol. The van der Waals surface area contributed by atoms with Crippen LogP contribution in [0.25, 0.3) is 10.2 Å². The molecule has 3 rings (SSSR count). The minimum absolute atomic E-state index is 1.15. The van der Waals surface area contributed by atoms with Crippen molar-refractivity contribution < 1.29 is 0 Å². The summed E-state index contributed by atoms with van der Waals surface area (Å²) in [6, 6.07) is 0. The van der Waals surface area contributed by atoms with Gasteiger partial charge in [-0.15, -0.1) is 11.3 Å². The molecule has 0 amide bonds. The quantitative estimate of drug-likeness (QED) is 0.659. The highest BCUT2D eigenvalue weighted by molar-refractivity contribution is 7.18. The van der Waals surface area contributed by atoms with Gasteiger partial charge in [0.15, 0.2) is 0 Å². The first kappa shape index (κ1) is 8.36. The van der Waals surface area contributed by atoms with Crippen molar-refractivity contribution in [2.24, 2.45) is 0 Å². The zero-order valence-electron chi connectivity index (χ0n) is 8.21. The number of aryl methyl sites for hydroxylation is 3. The van der Waals surface area contributed by atoms with Gasteiger partial charge < -0.3 is 0 Å². The van der Waals surface area contributed by atoms with Crippen LogP contribution in [0.5, 0.6) is 0 Å². The fraction of sp³-hybridized carbons (Fsp3) is 0.455. The Balaban J connectivity index is 2.38. The molecule has 2 nitrogen and oxygen atoms in total. The maximum absolute atomic E-state index is 4.35. The van der Waals surface area contributed by atoms with E-state index in [2.05, 4.69) is 16.9 Å². The summed E-state index contributed by atoms with van der Waals surface area (Å²) in [5.74, 6) is 0. The van der Waals surface area contributed by atoms with Gasteiger partial charge in [0.05, 0.1) is 0 Å². The van der Waals surface area contributed by atoms with E-state index in [4.69, 9.17) is 0 Å². The number of rotatable bonds is 0. The Morgan fingerprint density at radius 1 is 1.21 bits per heavy atom. The molecule has 0 aliphatic heterocycles. The maximum atomic E-state index is 4.35. The Bertz CT molecular complexity index is 487. The van der Waals surface area contributed by atoms with Gasteiger partial charge >= 0.3 is 0 Å². The number of hydrogen-bond donors (Lipinski definition) is 0. The van der Waals surface area contributed by atoms with Crippen LogP contribution >= 0.6 is 11.3 Å². The molecule has 0 saturated heterocycles. The van der Waals surface area contributed by atoms with Crippen LogP contribution in [0.4, 0.5) is 0 Å². The van der Waals surface area contributed by atoms with Crippen LogP contribution in [0.15, 0.2) is 6.33 Å². The average Bonchev–Trinajstić information content (AvgIpc) is 2.57. The van der Waals surface area contributed by atoms with Gasteiger partial charge in [0, 0.05) is 16.0 Å². The third-order valence-corrected chi connectivity index (χ3v) is 4.14. The standard InChI is InChI=1S/C11H12N2S/c1-7-10-8-4-2-3-5-9(8)14-11(10)13-6-12-7/h6H,2-5H2,1H3. The summed E-state index contributed by atoms with van der Waals surface area (Å²) in [7, 11) is 0.